The highest BCUT2D eigenvalue weighted by Crippen LogP contribution is 2.39. The summed E-state index contributed by atoms with van der Waals surface area (Å²) in [4.78, 5) is 0. The van der Waals surface area contributed by atoms with Crippen LogP contribution in [0.2, 0.25) is 0 Å². The zero-order valence-corrected chi connectivity index (χ0v) is 6.14. The normalized spacial score (nSPS) is 22.0. The molecule has 0 aromatic carbocycles. The zero-order chi connectivity index (χ0) is 6.69. The first-order valence-corrected chi connectivity index (χ1v) is 3.99. The van der Waals surface area contributed by atoms with Gasteiger partial charge in [0.2, 0.25) is 0 Å². The van der Waals surface area contributed by atoms with Crippen molar-refractivity contribution in [2.24, 2.45) is 11.8 Å². The molecule has 1 saturated carbocycles. The predicted octanol–water partition coefficient (Wildman–Crippen LogP) is 1.80. The summed E-state index contributed by atoms with van der Waals surface area (Å²) in [6, 6.07) is 0. The highest BCUT2D eigenvalue weighted by Gasteiger charge is 2.28. The molecule has 54 valence electrons. The van der Waals surface area contributed by atoms with Crippen molar-refractivity contribution in [3.8, 4) is 0 Å². The van der Waals surface area contributed by atoms with Crippen LogP contribution in [0.1, 0.15) is 32.6 Å². The zero-order valence-electron chi connectivity index (χ0n) is 6.14. The maximum atomic E-state index is 8.64. The van der Waals surface area contributed by atoms with E-state index >= 15 is 0 Å². The molecular weight excluding hydrogens is 112 g/mol. The van der Waals surface area contributed by atoms with Crippen molar-refractivity contribution >= 4 is 0 Å². The summed E-state index contributed by atoms with van der Waals surface area (Å²) in [5, 5.41) is 8.64. The van der Waals surface area contributed by atoms with Gasteiger partial charge < -0.3 is 5.11 Å². The molecule has 0 heterocycles. The van der Waals surface area contributed by atoms with Crippen LogP contribution in [0.25, 0.3) is 0 Å². The van der Waals surface area contributed by atoms with E-state index in [0.717, 1.165) is 18.3 Å². The highest BCUT2D eigenvalue weighted by molar-refractivity contribution is 4.80. The summed E-state index contributed by atoms with van der Waals surface area (Å²) in [5.41, 5.74) is 0. The van der Waals surface area contributed by atoms with Gasteiger partial charge in [-0.15, -0.1) is 0 Å². The van der Waals surface area contributed by atoms with Crippen molar-refractivity contribution < 1.29 is 5.11 Å². The SMILES string of the molecule is CCC(CCO)C1CC1. The van der Waals surface area contributed by atoms with Gasteiger partial charge in [-0.3, -0.25) is 0 Å². The Morgan fingerprint density at radius 2 is 2.22 bits per heavy atom. The average Bonchev–Trinajstić information content (AvgIpc) is 2.64. The number of aliphatic hydroxyl groups excluding tert-OH is 1. The minimum atomic E-state index is 0.384. The molecule has 1 aliphatic carbocycles. The summed E-state index contributed by atoms with van der Waals surface area (Å²) >= 11 is 0. The Kier molecular flexibility index (Phi) is 2.52. The quantitative estimate of drug-likeness (QED) is 0.612. The van der Waals surface area contributed by atoms with Crippen LogP contribution in [0.3, 0.4) is 0 Å². The highest BCUT2D eigenvalue weighted by atomic mass is 16.3. The molecule has 1 heteroatoms. The number of rotatable bonds is 4. The molecule has 0 saturated heterocycles. The van der Waals surface area contributed by atoms with E-state index in [4.69, 9.17) is 5.11 Å². The smallest absolute Gasteiger partial charge is 0.0433 e. The molecule has 0 bridgehead atoms. The van der Waals surface area contributed by atoms with Crippen LogP contribution in [0.4, 0.5) is 0 Å². The van der Waals surface area contributed by atoms with Crippen LogP contribution < -0.4 is 0 Å². The lowest BCUT2D eigenvalue weighted by atomic mass is 9.97. The Morgan fingerprint density at radius 1 is 1.56 bits per heavy atom. The Hall–Kier alpha value is -0.0400. The van der Waals surface area contributed by atoms with Crippen molar-refractivity contribution in [3.05, 3.63) is 0 Å². The molecule has 1 rings (SSSR count). The van der Waals surface area contributed by atoms with E-state index in [9.17, 15) is 0 Å². The van der Waals surface area contributed by atoms with Crippen LogP contribution in [-0.2, 0) is 0 Å². The fraction of sp³-hybridized carbons (Fsp3) is 1.00. The minimum Gasteiger partial charge on any atom is -0.396 e. The summed E-state index contributed by atoms with van der Waals surface area (Å²) in [6.45, 7) is 2.60. The Bertz CT molecular complexity index is 76.6. The fourth-order valence-electron chi connectivity index (χ4n) is 1.51. The molecule has 0 aromatic rings. The van der Waals surface area contributed by atoms with Gasteiger partial charge in [-0.25, -0.2) is 0 Å². The maximum Gasteiger partial charge on any atom is 0.0433 e. The third-order valence-electron chi connectivity index (χ3n) is 2.31. The summed E-state index contributed by atoms with van der Waals surface area (Å²) in [7, 11) is 0. The van der Waals surface area contributed by atoms with Crippen LogP contribution in [0.5, 0.6) is 0 Å². The molecule has 1 unspecified atom stereocenters. The van der Waals surface area contributed by atoms with E-state index in [2.05, 4.69) is 6.92 Å². The maximum absolute atomic E-state index is 8.64. The molecule has 1 atom stereocenters. The third kappa shape index (κ3) is 1.98. The topological polar surface area (TPSA) is 20.2 Å². The van der Waals surface area contributed by atoms with Gasteiger partial charge in [0.05, 0.1) is 0 Å². The first-order valence-electron chi connectivity index (χ1n) is 3.99. The first kappa shape index (κ1) is 7.07. The van der Waals surface area contributed by atoms with Gasteiger partial charge in [0, 0.05) is 6.61 Å². The standard InChI is InChI=1S/C8H16O/c1-2-7(5-6-9)8-3-4-8/h7-9H,2-6H2,1H3. The largest absolute Gasteiger partial charge is 0.396 e. The Labute approximate surface area is 57.1 Å². The number of hydrogen-bond donors (Lipinski definition) is 1. The van der Waals surface area contributed by atoms with Crippen molar-refractivity contribution in [1.82, 2.24) is 0 Å². The van der Waals surface area contributed by atoms with E-state index in [1.807, 2.05) is 0 Å². The molecule has 1 nitrogen and oxygen atoms in total. The number of hydrogen-bond acceptors (Lipinski definition) is 1. The van der Waals surface area contributed by atoms with Crippen LogP contribution in [0, 0.1) is 11.8 Å². The first-order chi connectivity index (χ1) is 4.38. The third-order valence-corrected chi connectivity index (χ3v) is 2.31. The van der Waals surface area contributed by atoms with Gasteiger partial charge in [0.15, 0.2) is 0 Å². The molecule has 1 fully saturated rings. The van der Waals surface area contributed by atoms with Gasteiger partial charge >= 0.3 is 0 Å². The lowest BCUT2D eigenvalue weighted by Gasteiger charge is -2.10. The van der Waals surface area contributed by atoms with E-state index in [1.54, 1.807) is 0 Å². The molecule has 0 spiro atoms. The molecule has 0 aliphatic heterocycles. The molecule has 1 N–H and O–H groups in total. The second-order valence-electron chi connectivity index (χ2n) is 3.02. The number of aliphatic hydroxyl groups is 1. The lowest BCUT2D eigenvalue weighted by molar-refractivity contribution is 0.243. The van der Waals surface area contributed by atoms with E-state index < -0.39 is 0 Å². The molecule has 9 heavy (non-hydrogen) atoms. The molecule has 0 radical (unpaired) electrons. The summed E-state index contributed by atoms with van der Waals surface area (Å²) in [6.07, 6.45) is 5.11. The van der Waals surface area contributed by atoms with E-state index in [1.165, 1.54) is 19.3 Å². The van der Waals surface area contributed by atoms with Gasteiger partial charge in [-0.05, 0) is 31.1 Å². The Morgan fingerprint density at radius 3 is 2.56 bits per heavy atom. The molecule has 0 aromatic heterocycles. The summed E-state index contributed by atoms with van der Waals surface area (Å²) in [5.74, 6) is 1.80. The van der Waals surface area contributed by atoms with Crippen molar-refractivity contribution in [1.29, 1.82) is 0 Å². The minimum absolute atomic E-state index is 0.384. The second kappa shape index (κ2) is 3.21. The van der Waals surface area contributed by atoms with E-state index in [0.29, 0.717) is 6.61 Å². The van der Waals surface area contributed by atoms with Gasteiger partial charge in [-0.2, -0.15) is 0 Å². The van der Waals surface area contributed by atoms with E-state index in [-0.39, 0.29) is 0 Å². The van der Waals surface area contributed by atoms with Gasteiger partial charge in [0.1, 0.15) is 0 Å². The van der Waals surface area contributed by atoms with Crippen LogP contribution in [-0.4, -0.2) is 11.7 Å². The molecule has 0 amide bonds. The van der Waals surface area contributed by atoms with Gasteiger partial charge in [0.25, 0.3) is 0 Å². The van der Waals surface area contributed by atoms with Crippen molar-refractivity contribution in [2.45, 2.75) is 32.6 Å². The van der Waals surface area contributed by atoms with Crippen LogP contribution >= 0.6 is 0 Å². The summed E-state index contributed by atoms with van der Waals surface area (Å²) < 4.78 is 0. The van der Waals surface area contributed by atoms with Crippen molar-refractivity contribution in [2.75, 3.05) is 6.61 Å². The molecular formula is C8H16O. The molecule has 1 aliphatic rings. The Balaban J connectivity index is 2.12. The fourth-order valence-corrected chi connectivity index (χ4v) is 1.51. The van der Waals surface area contributed by atoms with Crippen molar-refractivity contribution in [3.63, 3.8) is 0 Å². The average molecular weight is 128 g/mol. The van der Waals surface area contributed by atoms with Gasteiger partial charge in [-0.1, -0.05) is 13.3 Å². The second-order valence-corrected chi connectivity index (χ2v) is 3.02. The van der Waals surface area contributed by atoms with Crippen LogP contribution in [0.15, 0.2) is 0 Å². The predicted molar refractivity (Wildman–Crippen MR) is 38.2 cm³/mol. The lowest BCUT2D eigenvalue weighted by Crippen LogP contribution is -2.03. The monoisotopic (exact) mass is 128 g/mol.